The van der Waals surface area contributed by atoms with Gasteiger partial charge in [0.15, 0.2) is 29.3 Å². The highest BCUT2D eigenvalue weighted by Gasteiger charge is 2.23. The zero-order valence-electron chi connectivity index (χ0n) is 14.4. The number of fused-ring (bicyclic) bond motifs is 1. The molecular formula is C18H20N2O6. The Balaban J connectivity index is 1.76. The molecule has 0 radical (unpaired) electrons. The number of carboxylic acids is 1. The van der Waals surface area contributed by atoms with Crippen LogP contribution in [0.3, 0.4) is 0 Å². The molecule has 0 aliphatic carbocycles. The van der Waals surface area contributed by atoms with Crippen LogP contribution in [0.2, 0.25) is 0 Å². The van der Waals surface area contributed by atoms with Gasteiger partial charge in [-0.2, -0.15) is 0 Å². The fourth-order valence-corrected chi connectivity index (χ4v) is 2.76. The molecule has 26 heavy (non-hydrogen) atoms. The standard InChI is InChI=1S/C18H20N2O6/c1-2-3-12(18(22)23)9-19-17(21)15-16(26-10-20-15)11-4-5-13-14(8-11)25-7-6-24-13/h4-5,8,10,12H,2-3,6-7,9H2,1H3,(H,19,21)(H,22,23). The molecule has 1 aromatic carbocycles. The van der Waals surface area contributed by atoms with Crippen molar-refractivity contribution in [1.82, 2.24) is 10.3 Å². The summed E-state index contributed by atoms with van der Waals surface area (Å²) in [5.41, 5.74) is 0.725. The zero-order chi connectivity index (χ0) is 18.5. The molecule has 1 atom stereocenters. The lowest BCUT2D eigenvalue weighted by atomic mass is 10.0. The van der Waals surface area contributed by atoms with Crippen LogP contribution in [0.25, 0.3) is 11.3 Å². The van der Waals surface area contributed by atoms with Gasteiger partial charge in [-0.15, -0.1) is 0 Å². The molecule has 0 fully saturated rings. The van der Waals surface area contributed by atoms with Gasteiger partial charge in [0.2, 0.25) is 0 Å². The second-order valence-electron chi connectivity index (χ2n) is 5.92. The Morgan fingerprint density at radius 2 is 2.04 bits per heavy atom. The SMILES string of the molecule is CCCC(CNC(=O)c1ncoc1-c1ccc2c(c1)OCCO2)C(=O)O. The quantitative estimate of drug-likeness (QED) is 0.779. The van der Waals surface area contributed by atoms with E-state index in [1.807, 2.05) is 6.92 Å². The first-order valence-electron chi connectivity index (χ1n) is 8.44. The smallest absolute Gasteiger partial charge is 0.308 e. The van der Waals surface area contributed by atoms with E-state index in [2.05, 4.69) is 10.3 Å². The topological polar surface area (TPSA) is 111 Å². The average Bonchev–Trinajstić information content (AvgIpc) is 3.14. The van der Waals surface area contributed by atoms with E-state index in [1.54, 1.807) is 18.2 Å². The van der Waals surface area contributed by atoms with Crippen molar-refractivity contribution >= 4 is 11.9 Å². The molecule has 138 valence electrons. The summed E-state index contributed by atoms with van der Waals surface area (Å²) in [7, 11) is 0. The van der Waals surface area contributed by atoms with Crippen LogP contribution in [-0.4, -0.2) is 41.7 Å². The first-order chi connectivity index (χ1) is 12.6. The maximum absolute atomic E-state index is 12.4. The van der Waals surface area contributed by atoms with E-state index in [-0.39, 0.29) is 12.2 Å². The monoisotopic (exact) mass is 360 g/mol. The van der Waals surface area contributed by atoms with Crippen molar-refractivity contribution in [2.24, 2.45) is 5.92 Å². The first kappa shape index (κ1) is 17.8. The molecule has 2 N–H and O–H groups in total. The number of nitrogens with zero attached hydrogens (tertiary/aromatic N) is 1. The van der Waals surface area contributed by atoms with Gasteiger partial charge in [0.05, 0.1) is 5.92 Å². The van der Waals surface area contributed by atoms with Crippen LogP contribution in [0.1, 0.15) is 30.3 Å². The number of amides is 1. The second-order valence-corrected chi connectivity index (χ2v) is 5.92. The largest absolute Gasteiger partial charge is 0.486 e. The highest BCUT2D eigenvalue weighted by atomic mass is 16.6. The minimum atomic E-state index is -0.931. The van der Waals surface area contributed by atoms with Crippen molar-refractivity contribution in [3.05, 3.63) is 30.3 Å². The molecule has 8 nitrogen and oxygen atoms in total. The molecule has 0 saturated heterocycles. The number of ether oxygens (including phenoxy) is 2. The number of aromatic nitrogens is 1. The minimum absolute atomic E-state index is 0.0371. The van der Waals surface area contributed by atoms with Crippen LogP contribution in [0, 0.1) is 5.92 Å². The summed E-state index contributed by atoms with van der Waals surface area (Å²) in [5, 5.41) is 11.8. The predicted octanol–water partition coefficient (Wildman–Crippen LogP) is 2.34. The van der Waals surface area contributed by atoms with E-state index in [4.69, 9.17) is 13.9 Å². The summed E-state index contributed by atoms with van der Waals surface area (Å²) in [5.74, 6) is -0.541. The Kier molecular flexibility index (Phi) is 5.40. The second kappa shape index (κ2) is 7.90. The van der Waals surface area contributed by atoms with Crippen molar-refractivity contribution in [1.29, 1.82) is 0 Å². The number of carbonyl (C=O) groups excluding carboxylic acids is 1. The predicted molar refractivity (Wildman–Crippen MR) is 91.3 cm³/mol. The van der Waals surface area contributed by atoms with E-state index in [0.29, 0.717) is 42.5 Å². The Morgan fingerprint density at radius 3 is 2.77 bits per heavy atom. The third kappa shape index (κ3) is 3.79. The number of hydrogen-bond donors (Lipinski definition) is 2. The van der Waals surface area contributed by atoms with Crippen LogP contribution in [0.15, 0.2) is 29.0 Å². The van der Waals surface area contributed by atoms with Crippen LogP contribution in [0.4, 0.5) is 0 Å². The van der Waals surface area contributed by atoms with Crippen molar-refractivity contribution in [3.8, 4) is 22.8 Å². The lowest BCUT2D eigenvalue weighted by molar-refractivity contribution is -0.141. The van der Waals surface area contributed by atoms with Crippen LogP contribution >= 0.6 is 0 Å². The third-order valence-corrected chi connectivity index (χ3v) is 4.08. The molecule has 0 spiro atoms. The normalized spacial score (nSPS) is 13.9. The summed E-state index contributed by atoms with van der Waals surface area (Å²) in [4.78, 5) is 27.6. The number of aliphatic carboxylic acids is 1. The molecule has 0 saturated carbocycles. The number of oxazole rings is 1. The van der Waals surface area contributed by atoms with Gasteiger partial charge in [0, 0.05) is 12.1 Å². The van der Waals surface area contributed by atoms with Gasteiger partial charge in [-0.25, -0.2) is 4.98 Å². The lowest BCUT2D eigenvalue weighted by Gasteiger charge is -2.18. The summed E-state index contributed by atoms with van der Waals surface area (Å²) < 4.78 is 16.4. The van der Waals surface area contributed by atoms with E-state index >= 15 is 0 Å². The minimum Gasteiger partial charge on any atom is -0.486 e. The molecule has 0 bridgehead atoms. The highest BCUT2D eigenvalue weighted by molar-refractivity contribution is 5.97. The maximum Gasteiger partial charge on any atom is 0.308 e. The molecule has 1 aromatic heterocycles. The van der Waals surface area contributed by atoms with Crippen LogP contribution < -0.4 is 14.8 Å². The summed E-state index contributed by atoms with van der Waals surface area (Å²) >= 11 is 0. The summed E-state index contributed by atoms with van der Waals surface area (Å²) in [6, 6.07) is 5.22. The Morgan fingerprint density at radius 1 is 1.27 bits per heavy atom. The van der Waals surface area contributed by atoms with Gasteiger partial charge in [0.1, 0.15) is 13.2 Å². The number of hydrogen-bond acceptors (Lipinski definition) is 6. The van der Waals surface area contributed by atoms with Gasteiger partial charge < -0.3 is 24.3 Å². The van der Waals surface area contributed by atoms with Crippen molar-refractivity contribution in [3.63, 3.8) is 0 Å². The van der Waals surface area contributed by atoms with Gasteiger partial charge in [-0.3, -0.25) is 9.59 Å². The third-order valence-electron chi connectivity index (χ3n) is 4.08. The van der Waals surface area contributed by atoms with Gasteiger partial charge >= 0.3 is 5.97 Å². The summed E-state index contributed by atoms with van der Waals surface area (Å²) in [6.07, 6.45) is 2.39. The van der Waals surface area contributed by atoms with Crippen molar-refractivity contribution < 1.29 is 28.6 Å². The van der Waals surface area contributed by atoms with Gasteiger partial charge in [-0.05, 0) is 24.6 Å². The summed E-state index contributed by atoms with van der Waals surface area (Å²) in [6.45, 7) is 2.88. The van der Waals surface area contributed by atoms with Gasteiger partial charge in [0.25, 0.3) is 5.91 Å². The van der Waals surface area contributed by atoms with Crippen molar-refractivity contribution in [2.45, 2.75) is 19.8 Å². The van der Waals surface area contributed by atoms with Crippen LogP contribution in [0.5, 0.6) is 11.5 Å². The molecule has 3 rings (SSSR count). The number of carbonyl (C=O) groups is 2. The number of nitrogens with one attached hydrogen (secondary N) is 1. The Bertz CT molecular complexity index is 801. The molecule has 2 aromatic rings. The molecule has 1 amide bonds. The number of benzene rings is 1. The van der Waals surface area contributed by atoms with Gasteiger partial charge in [-0.1, -0.05) is 13.3 Å². The number of carboxylic acid groups (broad SMARTS) is 1. The Hall–Kier alpha value is -3.03. The fraction of sp³-hybridized carbons (Fsp3) is 0.389. The number of rotatable bonds is 7. The average molecular weight is 360 g/mol. The molecule has 1 aliphatic rings. The molecular weight excluding hydrogens is 340 g/mol. The highest BCUT2D eigenvalue weighted by Crippen LogP contribution is 2.35. The zero-order valence-corrected chi connectivity index (χ0v) is 14.4. The molecule has 1 aliphatic heterocycles. The fourth-order valence-electron chi connectivity index (χ4n) is 2.76. The van der Waals surface area contributed by atoms with E-state index in [0.717, 1.165) is 6.42 Å². The molecule has 1 unspecified atom stereocenters. The maximum atomic E-state index is 12.4. The molecule has 8 heteroatoms. The van der Waals surface area contributed by atoms with E-state index in [1.165, 1.54) is 6.39 Å². The van der Waals surface area contributed by atoms with Crippen LogP contribution in [-0.2, 0) is 4.79 Å². The Labute approximate surface area is 150 Å². The van der Waals surface area contributed by atoms with E-state index < -0.39 is 17.8 Å². The first-order valence-corrected chi connectivity index (χ1v) is 8.44. The molecule has 2 heterocycles. The van der Waals surface area contributed by atoms with Crippen molar-refractivity contribution in [2.75, 3.05) is 19.8 Å². The van der Waals surface area contributed by atoms with E-state index in [9.17, 15) is 14.7 Å². The lowest BCUT2D eigenvalue weighted by Crippen LogP contribution is -2.33.